The molecule has 1 unspecified atom stereocenters. The second-order valence-electron chi connectivity index (χ2n) is 4.27. The van der Waals surface area contributed by atoms with Crippen molar-refractivity contribution in [3.63, 3.8) is 0 Å². The molecule has 1 heterocycles. The van der Waals surface area contributed by atoms with Gasteiger partial charge in [-0.2, -0.15) is 11.8 Å². The van der Waals surface area contributed by atoms with Crippen LogP contribution in [0.4, 0.5) is 0 Å². The van der Waals surface area contributed by atoms with Crippen molar-refractivity contribution in [1.82, 2.24) is 4.90 Å². The van der Waals surface area contributed by atoms with Crippen LogP contribution in [0, 0.1) is 0 Å². The first-order chi connectivity index (χ1) is 8.25. The molecule has 0 aromatic heterocycles. The molecule has 0 spiro atoms. The summed E-state index contributed by atoms with van der Waals surface area (Å²) >= 11 is 5.50. The third-order valence-electron chi connectivity index (χ3n) is 2.95. The summed E-state index contributed by atoms with van der Waals surface area (Å²) in [6, 6.07) is 8.70. The molecule has 1 saturated heterocycles. The van der Waals surface area contributed by atoms with E-state index in [0.717, 1.165) is 23.4 Å². The van der Waals surface area contributed by atoms with Gasteiger partial charge in [-0.1, -0.05) is 22.0 Å². The minimum absolute atomic E-state index is 0.680. The third kappa shape index (κ3) is 4.19. The number of nitrogens with zero attached hydrogens (tertiary/aromatic N) is 1. The van der Waals surface area contributed by atoms with E-state index in [4.69, 9.17) is 4.74 Å². The van der Waals surface area contributed by atoms with Crippen molar-refractivity contribution in [2.75, 3.05) is 31.2 Å². The lowest BCUT2D eigenvalue weighted by molar-refractivity contribution is 0.183. The Kier molecular flexibility index (Phi) is 5.19. The van der Waals surface area contributed by atoms with E-state index in [-0.39, 0.29) is 0 Å². The highest BCUT2D eigenvalue weighted by molar-refractivity contribution is 9.10. The zero-order chi connectivity index (χ0) is 12.1. The molecule has 0 amide bonds. The van der Waals surface area contributed by atoms with Crippen LogP contribution >= 0.6 is 27.7 Å². The monoisotopic (exact) mass is 315 g/mol. The SMILES string of the molecule is CC1CSCCN1CCOc1cccc(Br)c1. The molecular formula is C13H18BrNOS. The Hall–Kier alpha value is -0.190. The number of rotatable bonds is 4. The van der Waals surface area contributed by atoms with Crippen LogP contribution < -0.4 is 4.74 Å². The van der Waals surface area contributed by atoms with Crippen LogP contribution in [-0.4, -0.2) is 42.1 Å². The van der Waals surface area contributed by atoms with Gasteiger partial charge in [0.2, 0.25) is 0 Å². The van der Waals surface area contributed by atoms with Gasteiger partial charge >= 0.3 is 0 Å². The van der Waals surface area contributed by atoms with Crippen LogP contribution in [0.5, 0.6) is 5.75 Å². The first-order valence-electron chi connectivity index (χ1n) is 5.96. The minimum Gasteiger partial charge on any atom is -0.492 e. The van der Waals surface area contributed by atoms with Crippen LogP contribution in [0.25, 0.3) is 0 Å². The van der Waals surface area contributed by atoms with Gasteiger partial charge in [0, 0.05) is 35.1 Å². The van der Waals surface area contributed by atoms with E-state index in [9.17, 15) is 0 Å². The Labute approximate surface area is 116 Å². The summed E-state index contributed by atoms with van der Waals surface area (Å²) < 4.78 is 6.83. The van der Waals surface area contributed by atoms with E-state index in [1.807, 2.05) is 36.0 Å². The van der Waals surface area contributed by atoms with Gasteiger partial charge < -0.3 is 4.74 Å². The topological polar surface area (TPSA) is 12.5 Å². The molecule has 0 radical (unpaired) electrons. The normalized spacial score (nSPS) is 21.4. The molecule has 1 aliphatic rings. The van der Waals surface area contributed by atoms with Crippen LogP contribution in [0.2, 0.25) is 0 Å². The number of ether oxygens (including phenoxy) is 1. The van der Waals surface area contributed by atoms with Gasteiger partial charge in [0.25, 0.3) is 0 Å². The molecule has 94 valence electrons. The standard InChI is InChI=1S/C13H18BrNOS/c1-11-10-17-8-6-15(11)5-7-16-13-4-2-3-12(14)9-13/h2-4,9,11H,5-8,10H2,1H3. The zero-order valence-corrected chi connectivity index (χ0v) is 12.5. The largest absolute Gasteiger partial charge is 0.492 e. The summed E-state index contributed by atoms with van der Waals surface area (Å²) in [4.78, 5) is 2.51. The van der Waals surface area contributed by atoms with Gasteiger partial charge in [0.1, 0.15) is 12.4 Å². The van der Waals surface area contributed by atoms with E-state index >= 15 is 0 Å². The molecule has 0 saturated carbocycles. The van der Waals surface area contributed by atoms with E-state index in [2.05, 4.69) is 27.8 Å². The van der Waals surface area contributed by atoms with Crippen LogP contribution in [-0.2, 0) is 0 Å². The van der Waals surface area contributed by atoms with Crippen molar-refractivity contribution in [3.05, 3.63) is 28.7 Å². The van der Waals surface area contributed by atoms with Crippen LogP contribution in [0.15, 0.2) is 28.7 Å². The van der Waals surface area contributed by atoms with Crippen molar-refractivity contribution in [3.8, 4) is 5.75 Å². The summed E-state index contributed by atoms with van der Waals surface area (Å²) in [5.41, 5.74) is 0. The first-order valence-corrected chi connectivity index (χ1v) is 7.90. The lowest BCUT2D eigenvalue weighted by Crippen LogP contribution is -2.42. The zero-order valence-electron chi connectivity index (χ0n) is 10.1. The third-order valence-corrected chi connectivity index (χ3v) is 4.63. The van der Waals surface area contributed by atoms with Crippen LogP contribution in [0.3, 0.4) is 0 Å². The average Bonchev–Trinajstić information content (AvgIpc) is 2.32. The predicted molar refractivity (Wildman–Crippen MR) is 78.0 cm³/mol. The highest BCUT2D eigenvalue weighted by Gasteiger charge is 2.17. The second-order valence-corrected chi connectivity index (χ2v) is 6.33. The maximum Gasteiger partial charge on any atom is 0.120 e. The summed E-state index contributed by atoms with van der Waals surface area (Å²) in [7, 11) is 0. The molecule has 2 nitrogen and oxygen atoms in total. The van der Waals surface area contributed by atoms with Crippen molar-refractivity contribution in [1.29, 1.82) is 0 Å². The molecule has 1 aromatic carbocycles. The fraction of sp³-hybridized carbons (Fsp3) is 0.538. The lowest BCUT2D eigenvalue weighted by Gasteiger charge is -2.32. The predicted octanol–water partition coefficient (Wildman–Crippen LogP) is 3.27. The van der Waals surface area contributed by atoms with Gasteiger partial charge in [-0.15, -0.1) is 0 Å². The molecular weight excluding hydrogens is 298 g/mol. The molecule has 17 heavy (non-hydrogen) atoms. The molecule has 0 aliphatic carbocycles. The van der Waals surface area contributed by atoms with Crippen molar-refractivity contribution >= 4 is 27.7 Å². The summed E-state index contributed by atoms with van der Waals surface area (Å²) in [6.07, 6.45) is 0. The quantitative estimate of drug-likeness (QED) is 0.846. The fourth-order valence-corrected chi connectivity index (χ4v) is 3.39. The highest BCUT2D eigenvalue weighted by atomic mass is 79.9. The van der Waals surface area contributed by atoms with Gasteiger partial charge in [0.15, 0.2) is 0 Å². The van der Waals surface area contributed by atoms with Crippen LogP contribution in [0.1, 0.15) is 6.92 Å². The van der Waals surface area contributed by atoms with Gasteiger partial charge in [-0.05, 0) is 25.1 Å². The van der Waals surface area contributed by atoms with E-state index in [0.29, 0.717) is 6.04 Å². The number of thioether (sulfide) groups is 1. The molecule has 1 atom stereocenters. The molecule has 1 fully saturated rings. The maximum atomic E-state index is 5.76. The molecule has 0 bridgehead atoms. The first kappa shape index (κ1) is 13.2. The number of hydrogen-bond donors (Lipinski definition) is 0. The molecule has 0 N–H and O–H groups in total. The van der Waals surface area contributed by atoms with Crippen molar-refractivity contribution in [2.24, 2.45) is 0 Å². The Balaban J connectivity index is 1.75. The average molecular weight is 316 g/mol. The van der Waals surface area contributed by atoms with Crippen molar-refractivity contribution in [2.45, 2.75) is 13.0 Å². The van der Waals surface area contributed by atoms with Gasteiger partial charge in [-0.25, -0.2) is 0 Å². The molecule has 4 heteroatoms. The lowest BCUT2D eigenvalue weighted by atomic mass is 10.3. The Morgan fingerprint density at radius 3 is 3.18 bits per heavy atom. The number of hydrogen-bond acceptors (Lipinski definition) is 3. The summed E-state index contributed by atoms with van der Waals surface area (Å²) in [5, 5.41) is 0. The minimum atomic E-state index is 0.680. The Bertz CT molecular complexity index is 361. The van der Waals surface area contributed by atoms with Gasteiger partial charge in [-0.3, -0.25) is 4.90 Å². The number of halogens is 1. The van der Waals surface area contributed by atoms with E-state index < -0.39 is 0 Å². The van der Waals surface area contributed by atoms with Crippen molar-refractivity contribution < 1.29 is 4.74 Å². The fourth-order valence-electron chi connectivity index (χ4n) is 1.93. The molecule has 1 aromatic rings. The summed E-state index contributed by atoms with van der Waals surface area (Å²) in [6.45, 7) is 5.28. The second kappa shape index (κ2) is 6.66. The Morgan fingerprint density at radius 1 is 1.53 bits per heavy atom. The maximum absolute atomic E-state index is 5.76. The number of benzene rings is 1. The van der Waals surface area contributed by atoms with Gasteiger partial charge in [0.05, 0.1) is 0 Å². The van der Waals surface area contributed by atoms with E-state index in [1.54, 1.807) is 0 Å². The Morgan fingerprint density at radius 2 is 2.41 bits per heavy atom. The molecule has 1 aliphatic heterocycles. The molecule has 2 rings (SSSR count). The highest BCUT2D eigenvalue weighted by Crippen LogP contribution is 2.18. The van der Waals surface area contributed by atoms with E-state index in [1.165, 1.54) is 18.1 Å². The smallest absolute Gasteiger partial charge is 0.120 e. The summed E-state index contributed by atoms with van der Waals surface area (Å²) in [5.74, 6) is 3.44.